The van der Waals surface area contributed by atoms with Gasteiger partial charge in [-0.05, 0) is 37.8 Å². The quantitative estimate of drug-likeness (QED) is 0.507. The summed E-state index contributed by atoms with van der Waals surface area (Å²) in [5.41, 5.74) is 4.68. The lowest BCUT2D eigenvalue weighted by molar-refractivity contribution is -0.151. The van der Waals surface area contributed by atoms with Gasteiger partial charge in [-0.25, -0.2) is 0 Å². The van der Waals surface area contributed by atoms with Crippen molar-refractivity contribution in [2.24, 2.45) is 5.92 Å². The smallest absolute Gasteiger partial charge is 0.312 e. The molecule has 0 unspecified atom stereocenters. The molecule has 0 N–H and O–H groups in total. The van der Waals surface area contributed by atoms with Crippen molar-refractivity contribution < 1.29 is 19.1 Å². The van der Waals surface area contributed by atoms with Crippen molar-refractivity contribution in [1.82, 2.24) is 0 Å². The van der Waals surface area contributed by atoms with E-state index in [1.165, 1.54) is 0 Å². The fourth-order valence-corrected chi connectivity index (χ4v) is 3.92. The Balaban J connectivity index is 1.71. The van der Waals surface area contributed by atoms with E-state index in [1.807, 2.05) is 37.3 Å². The van der Waals surface area contributed by atoms with Crippen LogP contribution in [0.15, 0.2) is 42.5 Å². The van der Waals surface area contributed by atoms with Crippen LogP contribution in [0.25, 0.3) is 0 Å². The lowest BCUT2D eigenvalue weighted by Gasteiger charge is -2.23. The second-order valence-corrected chi connectivity index (χ2v) is 7.85. The van der Waals surface area contributed by atoms with Crippen LogP contribution in [-0.4, -0.2) is 30.3 Å². The number of hydrogen-bond donors (Lipinski definition) is 0. The SMILES string of the molecule is CCc1cccc(CC)c1N1C[C@H](C(=O)O[C@@H](C)C(=O)c2ccc(C)cc2)CC1=O. The zero-order valence-corrected chi connectivity index (χ0v) is 18.1. The maximum absolute atomic E-state index is 12.8. The molecule has 2 aromatic carbocycles. The third-order valence-electron chi connectivity index (χ3n) is 5.69. The molecular weight excluding hydrogens is 378 g/mol. The number of aryl methyl sites for hydroxylation is 3. The van der Waals surface area contributed by atoms with Gasteiger partial charge >= 0.3 is 5.97 Å². The lowest BCUT2D eigenvalue weighted by Crippen LogP contribution is -2.31. The number of anilines is 1. The Morgan fingerprint density at radius 3 is 2.23 bits per heavy atom. The number of carbonyl (C=O) groups is 3. The van der Waals surface area contributed by atoms with Crippen molar-refractivity contribution in [3.8, 4) is 0 Å². The predicted octanol–water partition coefficient (Wildman–Crippen LogP) is 4.29. The summed E-state index contributed by atoms with van der Waals surface area (Å²) in [4.78, 5) is 39.8. The number of para-hydroxylation sites is 1. The van der Waals surface area contributed by atoms with E-state index in [-0.39, 0.29) is 24.7 Å². The van der Waals surface area contributed by atoms with Crippen LogP contribution >= 0.6 is 0 Å². The van der Waals surface area contributed by atoms with E-state index in [9.17, 15) is 14.4 Å². The molecule has 2 aromatic rings. The topological polar surface area (TPSA) is 63.7 Å². The standard InChI is InChI=1S/C25H29NO4/c1-5-18-8-7-9-19(6-2)23(18)26-15-21(14-22(26)27)25(29)30-17(4)24(28)20-12-10-16(3)11-13-20/h7-13,17,21H,5-6,14-15H2,1-4H3/t17-,21+/m0/s1. The number of ether oxygens (including phenoxy) is 1. The summed E-state index contributed by atoms with van der Waals surface area (Å²) >= 11 is 0. The summed E-state index contributed by atoms with van der Waals surface area (Å²) in [6.45, 7) is 7.93. The number of Topliss-reactive ketones (excluding diaryl/α,β-unsaturated/α-hetero) is 1. The van der Waals surface area contributed by atoms with E-state index in [0.29, 0.717) is 5.56 Å². The molecule has 158 valence electrons. The molecule has 5 heteroatoms. The maximum atomic E-state index is 12.8. The number of carbonyl (C=O) groups excluding carboxylic acids is 3. The molecule has 0 bridgehead atoms. The molecule has 1 aliphatic rings. The second-order valence-electron chi connectivity index (χ2n) is 7.85. The number of rotatable bonds is 7. The van der Waals surface area contributed by atoms with Crippen LogP contribution in [0.3, 0.4) is 0 Å². The van der Waals surface area contributed by atoms with Gasteiger partial charge in [-0.3, -0.25) is 14.4 Å². The van der Waals surface area contributed by atoms with E-state index in [4.69, 9.17) is 4.74 Å². The van der Waals surface area contributed by atoms with Gasteiger partial charge in [0, 0.05) is 24.2 Å². The lowest BCUT2D eigenvalue weighted by atomic mass is 10.0. The minimum Gasteiger partial charge on any atom is -0.454 e. The molecule has 3 rings (SSSR count). The van der Waals surface area contributed by atoms with Gasteiger partial charge in [0.25, 0.3) is 0 Å². The summed E-state index contributed by atoms with van der Waals surface area (Å²) in [6, 6.07) is 13.2. The molecule has 5 nitrogen and oxygen atoms in total. The number of nitrogens with zero attached hydrogens (tertiary/aromatic N) is 1. The first-order valence-corrected chi connectivity index (χ1v) is 10.6. The van der Waals surface area contributed by atoms with Crippen LogP contribution in [0, 0.1) is 12.8 Å². The van der Waals surface area contributed by atoms with Crippen molar-refractivity contribution in [2.75, 3.05) is 11.4 Å². The van der Waals surface area contributed by atoms with E-state index in [0.717, 1.165) is 35.2 Å². The molecule has 1 saturated heterocycles. The van der Waals surface area contributed by atoms with Gasteiger partial charge in [-0.15, -0.1) is 0 Å². The van der Waals surface area contributed by atoms with Crippen LogP contribution in [-0.2, 0) is 27.2 Å². The Hall–Kier alpha value is -2.95. The molecule has 0 spiro atoms. The Kier molecular flexibility index (Phi) is 6.70. The minimum absolute atomic E-state index is 0.0786. The molecule has 1 fully saturated rings. The van der Waals surface area contributed by atoms with Crippen LogP contribution in [0.4, 0.5) is 5.69 Å². The number of amides is 1. The van der Waals surface area contributed by atoms with Crippen LogP contribution in [0.5, 0.6) is 0 Å². The third kappa shape index (κ3) is 4.45. The average molecular weight is 408 g/mol. The summed E-state index contributed by atoms with van der Waals surface area (Å²) in [5.74, 6) is -1.38. The molecule has 0 aliphatic carbocycles. The Morgan fingerprint density at radius 1 is 1.07 bits per heavy atom. The highest BCUT2D eigenvalue weighted by atomic mass is 16.5. The fourth-order valence-electron chi connectivity index (χ4n) is 3.92. The average Bonchev–Trinajstić information content (AvgIpc) is 3.14. The largest absolute Gasteiger partial charge is 0.454 e. The Bertz CT molecular complexity index is 926. The monoisotopic (exact) mass is 407 g/mol. The molecule has 1 aliphatic heterocycles. The van der Waals surface area contributed by atoms with Crippen molar-refractivity contribution in [1.29, 1.82) is 0 Å². The van der Waals surface area contributed by atoms with E-state index >= 15 is 0 Å². The van der Waals surface area contributed by atoms with Gasteiger partial charge < -0.3 is 9.64 Å². The van der Waals surface area contributed by atoms with Gasteiger partial charge in [0.2, 0.25) is 11.7 Å². The number of ketones is 1. The molecule has 1 amide bonds. The highest BCUT2D eigenvalue weighted by molar-refractivity contribution is 6.02. The molecule has 30 heavy (non-hydrogen) atoms. The number of esters is 1. The minimum atomic E-state index is -0.890. The molecule has 2 atom stereocenters. The Morgan fingerprint density at radius 2 is 1.67 bits per heavy atom. The van der Waals surface area contributed by atoms with Crippen molar-refractivity contribution >= 4 is 23.3 Å². The number of hydrogen-bond acceptors (Lipinski definition) is 4. The fraction of sp³-hybridized carbons (Fsp3) is 0.400. The Labute approximate surface area is 178 Å². The normalized spacial score (nSPS) is 17.1. The third-order valence-corrected chi connectivity index (χ3v) is 5.69. The number of benzene rings is 2. The second kappa shape index (κ2) is 9.24. The zero-order valence-electron chi connectivity index (χ0n) is 18.1. The highest BCUT2D eigenvalue weighted by Crippen LogP contribution is 2.33. The van der Waals surface area contributed by atoms with Crippen molar-refractivity contribution in [3.63, 3.8) is 0 Å². The first-order chi connectivity index (χ1) is 14.3. The molecule has 1 heterocycles. The first kappa shape index (κ1) is 21.8. The summed E-state index contributed by atoms with van der Waals surface area (Å²) < 4.78 is 5.46. The zero-order chi connectivity index (χ0) is 21.8. The summed E-state index contributed by atoms with van der Waals surface area (Å²) in [6.07, 6.45) is 0.832. The molecule has 0 aromatic heterocycles. The first-order valence-electron chi connectivity index (χ1n) is 10.6. The van der Waals surface area contributed by atoms with Gasteiger partial charge in [-0.2, -0.15) is 0 Å². The van der Waals surface area contributed by atoms with E-state index < -0.39 is 18.0 Å². The summed E-state index contributed by atoms with van der Waals surface area (Å²) in [7, 11) is 0. The van der Waals surface area contributed by atoms with Crippen molar-refractivity contribution in [2.45, 2.75) is 53.1 Å². The van der Waals surface area contributed by atoms with Gasteiger partial charge in [0.1, 0.15) is 0 Å². The highest BCUT2D eigenvalue weighted by Gasteiger charge is 2.38. The van der Waals surface area contributed by atoms with Gasteiger partial charge in [0.05, 0.1) is 5.92 Å². The van der Waals surface area contributed by atoms with Crippen LogP contribution < -0.4 is 4.90 Å². The summed E-state index contributed by atoms with van der Waals surface area (Å²) in [5, 5.41) is 0. The van der Waals surface area contributed by atoms with Crippen LogP contribution in [0.1, 0.15) is 54.2 Å². The van der Waals surface area contributed by atoms with Gasteiger partial charge in [-0.1, -0.05) is 61.9 Å². The van der Waals surface area contributed by atoms with E-state index in [1.54, 1.807) is 24.0 Å². The molecular formula is C25H29NO4. The van der Waals surface area contributed by atoms with Crippen molar-refractivity contribution in [3.05, 3.63) is 64.7 Å². The molecule has 0 radical (unpaired) electrons. The molecule has 0 saturated carbocycles. The van der Waals surface area contributed by atoms with Gasteiger partial charge in [0.15, 0.2) is 6.10 Å². The maximum Gasteiger partial charge on any atom is 0.312 e. The van der Waals surface area contributed by atoms with E-state index in [2.05, 4.69) is 13.8 Å². The van der Waals surface area contributed by atoms with Crippen LogP contribution in [0.2, 0.25) is 0 Å². The predicted molar refractivity (Wildman–Crippen MR) is 117 cm³/mol.